The van der Waals surface area contributed by atoms with Crippen LogP contribution in [0, 0.1) is 13.8 Å². The first-order chi connectivity index (χ1) is 17.5. The first-order valence-corrected chi connectivity index (χ1v) is 14.1. The van der Waals surface area contributed by atoms with E-state index in [1.165, 1.54) is 11.9 Å². The third-order valence-corrected chi connectivity index (χ3v) is 7.71. The number of halogens is 1. The average Bonchev–Trinajstić information content (AvgIpc) is 2.87. The van der Waals surface area contributed by atoms with Gasteiger partial charge in [-0.2, -0.15) is 0 Å². The zero-order valence-electron chi connectivity index (χ0n) is 21.4. The van der Waals surface area contributed by atoms with E-state index in [2.05, 4.69) is 5.32 Å². The molecule has 0 saturated heterocycles. The second-order valence-corrected chi connectivity index (χ2v) is 11.3. The Hall–Kier alpha value is -3.36. The van der Waals surface area contributed by atoms with Crippen molar-refractivity contribution in [2.24, 2.45) is 0 Å². The Labute approximate surface area is 224 Å². The fourth-order valence-corrected chi connectivity index (χ4v) is 5.14. The van der Waals surface area contributed by atoms with E-state index in [4.69, 9.17) is 11.6 Å². The second-order valence-electron chi connectivity index (χ2n) is 8.98. The number of sulfonamides is 1. The molecule has 0 saturated carbocycles. The van der Waals surface area contributed by atoms with Gasteiger partial charge >= 0.3 is 0 Å². The number of hydrogen-bond donors (Lipinski definition) is 1. The Morgan fingerprint density at radius 3 is 2.16 bits per heavy atom. The lowest BCUT2D eigenvalue weighted by Gasteiger charge is -2.33. The van der Waals surface area contributed by atoms with Gasteiger partial charge in [-0.3, -0.25) is 13.9 Å². The minimum Gasteiger partial charge on any atom is -0.357 e. The smallest absolute Gasteiger partial charge is 0.244 e. The molecule has 3 aromatic carbocycles. The summed E-state index contributed by atoms with van der Waals surface area (Å²) in [5.41, 5.74) is 3.63. The molecule has 3 rings (SSSR count). The molecule has 0 fully saturated rings. The van der Waals surface area contributed by atoms with Gasteiger partial charge in [0, 0.05) is 25.0 Å². The number of amides is 2. The van der Waals surface area contributed by atoms with Crippen molar-refractivity contribution >= 4 is 39.1 Å². The van der Waals surface area contributed by atoms with Gasteiger partial charge in [0.15, 0.2) is 0 Å². The molecule has 7 nitrogen and oxygen atoms in total. The number of nitrogens with one attached hydrogen (secondary N) is 1. The van der Waals surface area contributed by atoms with Gasteiger partial charge in [0.25, 0.3) is 0 Å². The summed E-state index contributed by atoms with van der Waals surface area (Å²) in [7, 11) is -2.33. The van der Waals surface area contributed by atoms with Crippen molar-refractivity contribution in [3.8, 4) is 0 Å². The topological polar surface area (TPSA) is 86.8 Å². The van der Waals surface area contributed by atoms with Crippen LogP contribution in [0.1, 0.15) is 22.3 Å². The molecule has 1 atom stereocenters. The number of carbonyl (C=O) groups is 2. The molecular weight excluding hydrogens is 510 g/mol. The van der Waals surface area contributed by atoms with Gasteiger partial charge in [0.1, 0.15) is 12.6 Å². The normalized spacial score (nSPS) is 12.0. The summed E-state index contributed by atoms with van der Waals surface area (Å²) >= 11 is 6.26. The Bertz CT molecular complexity index is 1350. The summed E-state index contributed by atoms with van der Waals surface area (Å²) in [4.78, 5) is 28.5. The predicted octanol–water partition coefficient (Wildman–Crippen LogP) is 4.11. The highest BCUT2D eigenvalue weighted by molar-refractivity contribution is 7.92. The average molecular weight is 542 g/mol. The lowest BCUT2D eigenvalue weighted by molar-refractivity contribution is -0.139. The van der Waals surface area contributed by atoms with Crippen LogP contribution in [-0.2, 0) is 32.6 Å². The van der Waals surface area contributed by atoms with E-state index in [1.54, 1.807) is 25.1 Å². The van der Waals surface area contributed by atoms with Gasteiger partial charge in [-0.25, -0.2) is 8.42 Å². The van der Waals surface area contributed by atoms with Crippen molar-refractivity contribution in [3.63, 3.8) is 0 Å². The van der Waals surface area contributed by atoms with Gasteiger partial charge in [-0.05, 0) is 42.7 Å². The molecule has 2 amide bonds. The highest BCUT2D eigenvalue weighted by Gasteiger charge is 2.33. The van der Waals surface area contributed by atoms with E-state index in [0.717, 1.165) is 27.3 Å². The number of likely N-dealkylation sites (N-methyl/N-ethyl adjacent to an activating group) is 1. The van der Waals surface area contributed by atoms with E-state index in [1.807, 2.05) is 61.5 Å². The summed E-state index contributed by atoms with van der Waals surface area (Å²) in [6.07, 6.45) is 1.32. The number of carbonyl (C=O) groups excluding carboxylic acids is 2. The van der Waals surface area contributed by atoms with Gasteiger partial charge in [-0.15, -0.1) is 0 Å². The highest BCUT2D eigenvalue weighted by atomic mass is 35.5. The summed E-state index contributed by atoms with van der Waals surface area (Å²) in [6, 6.07) is 21.1. The Morgan fingerprint density at radius 2 is 1.57 bits per heavy atom. The van der Waals surface area contributed by atoms with Gasteiger partial charge < -0.3 is 10.2 Å². The molecule has 37 heavy (non-hydrogen) atoms. The fourth-order valence-electron chi connectivity index (χ4n) is 4.07. The zero-order valence-corrected chi connectivity index (χ0v) is 23.0. The van der Waals surface area contributed by atoms with Crippen LogP contribution in [0.25, 0.3) is 0 Å². The monoisotopic (exact) mass is 541 g/mol. The quantitative estimate of drug-likeness (QED) is 0.418. The lowest BCUT2D eigenvalue weighted by atomic mass is 10.0. The highest BCUT2D eigenvalue weighted by Crippen LogP contribution is 2.28. The molecule has 0 bridgehead atoms. The molecule has 0 unspecified atom stereocenters. The molecule has 3 aromatic rings. The van der Waals surface area contributed by atoms with E-state index in [-0.39, 0.29) is 18.9 Å². The van der Waals surface area contributed by atoms with Crippen LogP contribution in [0.3, 0.4) is 0 Å². The maximum absolute atomic E-state index is 13.9. The molecule has 0 heterocycles. The van der Waals surface area contributed by atoms with Gasteiger partial charge in [0.05, 0.1) is 11.9 Å². The molecule has 1 N–H and O–H groups in total. The number of benzene rings is 3. The van der Waals surface area contributed by atoms with Crippen LogP contribution in [0.5, 0.6) is 0 Å². The number of hydrogen-bond acceptors (Lipinski definition) is 4. The standard InChI is InChI=1S/C28H32ClN3O4S/c1-20-13-15-23(16-14-20)18-31(26(28(34)30-3)17-22-9-6-5-7-10-22)27(33)19-32(37(4,35)36)25-12-8-11-24(29)21(25)2/h5-16,26H,17-19H2,1-4H3,(H,30,34)/t26-/m0/s1. The van der Waals surface area contributed by atoms with Crippen molar-refractivity contribution in [3.05, 3.63) is 100 Å². The van der Waals surface area contributed by atoms with Crippen molar-refractivity contribution in [1.82, 2.24) is 10.2 Å². The minimum atomic E-state index is -3.85. The maximum atomic E-state index is 13.9. The van der Waals surface area contributed by atoms with Crippen molar-refractivity contribution < 1.29 is 18.0 Å². The minimum absolute atomic E-state index is 0.135. The SMILES string of the molecule is CNC(=O)[C@H](Cc1ccccc1)N(Cc1ccc(C)cc1)C(=O)CN(c1cccc(Cl)c1C)S(C)(=O)=O. The van der Waals surface area contributed by atoms with Crippen LogP contribution in [0.15, 0.2) is 72.8 Å². The largest absolute Gasteiger partial charge is 0.357 e. The maximum Gasteiger partial charge on any atom is 0.244 e. The van der Waals surface area contributed by atoms with Crippen molar-refractivity contribution in [2.75, 3.05) is 24.2 Å². The molecule has 0 aliphatic heterocycles. The third kappa shape index (κ3) is 7.33. The molecule has 0 aliphatic rings. The van der Waals surface area contributed by atoms with Crippen LogP contribution in [0.4, 0.5) is 5.69 Å². The summed E-state index contributed by atoms with van der Waals surface area (Å²) in [5, 5.41) is 3.06. The lowest BCUT2D eigenvalue weighted by Crippen LogP contribution is -2.53. The van der Waals surface area contributed by atoms with E-state index in [0.29, 0.717) is 16.3 Å². The summed E-state index contributed by atoms with van der Waals surface area (Å²) in [5.74, 6) is -0.843. The van der Waals surface area contributed by atoms with Crippen LogP contribution >= 0.6 is 11.6 Å². The molecule has 0 radical (unpaired) electrons. The van der Waals surface area contributed by atoms with Gasteiger partial charge in [-0.1, -0.05) is 77.8 Å². The first kappa shape index (κ1) is 28.2. The molecule has 196 valence electrons. The third-order valence-electron chi connectivity index (χ3n) is 6.18. The summed E-state index contributed by atoms with van der Waals surface area (Å²) in [6.45, 7) is 3.32. The molecule has 0 aliphatic carbocycles. The van der Waals surface area contributed by atoms with E-state index >= 15 is 0 Å². The van der Waals surface area contributed by atoms with Gasteiger partial charge in [0.2, 0.25) is 21.8 Å². The first-order valence-electron chi connectivity index (χ1n) is 11.8. The van der Waals surface area contributed by atoms with Crippen LogP contribution < -0.4 is 9.62 Å². The molecular formula is C28H32ClN3O4S. The molecule has 0 aromatic heterocycles. The number of rotatable bonds is 10. The second kappa shape index (κ2) is 12.3. The van der Waals surface area contributed by atoms with Crippen LogP contribution in [-0.4, -0.2) is 51.0 Å². The number of aryl methyl sites for hydroxylation is 1. The number of anilines is 1. The Morgan fingerprint density at radius 1 is 0.919 bits per heavy atom. The van der Waals surface area contributed by atoms with Crippen molar-refractivity contribution in [2.45, 2.75) is 32.9 Å². The van der Waals surface area contributed by atoms with Crippen LogP contribution in [0.2, 0.25) is 5.02 Å². The fraction of sp³-hybridized carbons (Fsp3) is 0.286. The molecule has 9 heteroatoms. The Kier molecular flexibility index (Phi) is 9.34. The van der Waals surface area contributed by atoms with E-state index < -0.39 is 28.5 Å². The van der Waals surface area contributed by atoms with Crippen molar-refractivity contribution in [1.29, 1.82) is 0 Å². The predicted molar refractivity (Wildman–Crippen MR) is 148 cm³/mol. The van der Waals surface area contributed by atoms with E-state index in [9.17, 15) is 18.0 Å². The number of nitrogens with zero attached hydrogens (tertiary/aromatic N) is 2. The Balaban J connectivity index is 2.05. The molecule has 0 spiro atoms. The zero-order chi connectivity index (χ0) is 27.2. The summed E-state index contributed by atoms with van der Waals surface area (Å²) < 4.78 is 26.7.